The molecule has 0 fully saturated rings. The predicted molar refractivity (Wildman–Crippen MR) is 554 cm³/mol. The van der Waals surface area contributed by atoms with Crippen molar-refractivity contribution in [2.24, 2.45) is 0 Å². The summed E-state index contributed by atoms with van der Waals surface area (Å²) in [6.45, 7) is 16.1. The van der Waals surface area contributed by atoms with Crippen LogP contribution in [-0.2, 0) is 4.79 Å². The van der Waals surface area contributed by atoms with Gasteiger partial charge < -0.3 is 25.5 Å². The summed E-state index contributed by atoms with van der Waals surface area (Å²) in [6.07, 6.45) is 119. The number of carbonyl (C=O) groups is 1. The Kier molecular flexibility index (Phi) is 95.2. The van der Waals surface area contributed by atoms with Gasteiger partial charge in [0.2, 0.25) is 0 Å². The van der Waals surface area contributed by atoms with Crippen molar-refractivity contribution in [3.05, 3.63) is 0 Å². The highest BCUT2D eigenvalue weighted by Gasteiger charge is 2.73. The molecule has 6 nitrogen and oxygen atoms in total. The van der Waals surface area contributed by atoms with E-state index < -0.39 is 28.0 Å². The summed E-state index contributed by atoms with van der Waals surface area (Å²) in [5.41, 5.74) is -11.1. The fraction of sp³-hybridized carbons (Fsp3) is 0.992. The predicted octanol–water partition coefficient (Wildman–Crippen LogP) is 40.3. The Balaban J connectivity index is 8.36. The summed E-state index contributed by atoms with van der Waals surface area (Å²) in [4.78, 5) is 16.4. The second kappa shape index (κ2) is 95.6. The summed E-state index contributed by atoms with van der Waals surface area (Å²) < 4.78 is 0. The van der Waals surface area contributed by atoms with Crippen LogP contribution in [0.3, 0.4) is 0 Å². The molecular formula is C118H236O6. The highest BCUT2D eigenvalue weighted by Crippen LogP contribution is 2.56. The largest absolute Gasteiger partial charge is 0.387 e. The summed E-state index contributed by atoms with van der Waals surface area (Å²) in [6, 6.07) is 0. The minimum absolute atomic E-state index is 0.0363. The lowest BCUT2D eigenvalue weighted by molar-refractivity contribution is -0.339. The van der Waals surface area contributed by atoms with Crippen molar-refractivity contribution in [3.63, 3.8) is 0 Å². The van der Waals surface area contributed by atoms with Crippen molar-refractivity contribution in [1.82, 2.24) is 0 Å². The molecule has 744 valence electrons. The minimum Gasteiger partial charge on any atom is -0.387 e. The van der Waals surface area contributed by atoms with Gasteiger partial charge in [-0.2, -0.15) is 0 Å². The SMILES string of the molecule is CCCCCCCCCCCCCCCCC(=O)[C@@](O)(CCCCCCCCCCCCCCCC)[C@](O)(CCCCCCCCCCCCCCCC)[C@@](O)(CCCCCCCCCCCCCCCC)[C@@](O)(CCCCCCCCCCCCCCCC)C(O)(CCCCCCCCCCCCCCCC)CCCCCCCCCCCCCCCC. The number of Topliss-reactive ketones (excluding diaryl/α,β-unsaturated/α-hetero) is 1. The van der Waals surface area contributed by atoms with Crippen LogP contribution in [0.15, 0.2) is 0 Å². The first-order valence-corrected chi connectivity index (χ1v) is 59.0. The fourth-order valence-corrected chi connectivity index (χ4v) is 21.7. The van der Waals surface area contributed by atoms with E-state index in [4.69, 9.17) is 0 Å². The maximum absolute atomic E-state index is 16.4. The van der Waals surface area contributed by atoms with Crippen LogP contribution >= 0.6 is 0 Å². The van der Waals surface area contributed by atoms with E-state index in [1.165, 1.54) is 462 Å². The van der Waals surface area contributed by atoms with E-state index in [-0.39, 0.29) is 37.9 Å². The van der Waals surface area contributed by atoms with Gasteiger partial charge in [-0.25, -0.2) is 0 Å². The van der Waals surface area contributed by atoms with Gasteiger partial charge in [-0.1, -0.05) is 671 Å². The molecule has 0 spiro atoms. The topological polar surface area (TPSA) is 118 Å². The first-order chi connectivity index (χ1) is 60.8. The molecule has 0 heterocycles. The van der Waals surface area contributed by atoms with Gasteiger partial charge in [0.05, 0.1) is 5.60 Å². The first-order valence-electron chi connectivity index (χ1n) is 59.0. The number of hydrogen-bond donors (Lipinski definition) is 5. The van der Waals surface area contributed by atoms with Crippen LogP contribution in [0.5, 0.6) is 0 Å². The third kappa shape index (κ3) is 69.3. The van der Waals surface area contributed by atoms with Crippen molar-refractivity contribution in [1.29, 1.82) is 0 Å². The molecule has 0 aromatic rings. The third-order valence-corrected chi connectivity index (χ3v) is 30.5. The van der Waals surface area contributed by atoms with Gasteiger partial charge in [0.1, 0.15) is 16.8 Å². The lowest BCUT2D eigenvalue weighted by Gasteiger charge is -2.62. The lowest BCUT2D eigenvalue weighted by Crippen LogP contribution is -2.81. The average Bonchev–Trinajstić information content (AvgIpc) is 0.694. The van der Waals surface area contributed by atoms with Gasteiger partial charge >= 0.3 is 0 Å². The molecule has 5 N–H and O–H groups in total. The molecule has 0 unspecified atom stereocenters. The molecule has 0 aliphatic rings. The second-order valence-corrected chi connectivity index (χ2v) is 42.3. The van der Waals surface area contributed by atoms with Crippen LogP contribution in [-0.4, -0.2) is 59.3 Å². The van der Waals surface area contributed by atoms with E-state index in [2.05, 4.69) is 48.5 Å². The maximum atomic E-state index is 16.4. The van der Waals surface area contributed by atoms with Crippen LogP contribution in [0, 0.1) is 0 Å². The fourth-order valence-electron chi connectivity index (χ4n) is 21.7. The van der Waals surface area contributed by atoms with Crippen molar-refractivity contribution in [3.8, 4) is 0 Å². The Morgan fingerprint density at radius 2 is 0.258 bits per heavy atom. The van der Waals surface area contributed by atoms with E-state index in [9.17, 15) is 10.2 Å². The van der Waals surface area contributed by atoms with Crippen LogP contribution < -0.4 is 0 Å². The van der Waals surface area contributed by atoms with Gasteiger partial charge in [-0.05, 0) is 44.9 Å². The van der Waals surface area contributed by atoms with Crippen molar-refractivity contribution < 1.29 is 30.3 Å². The molecule has 0 aliphatic carbocycles. The van der Waals surface area contributed by atoms with Gasteiger partial charge in [0.15, 0.2) is 11.4 Å². The highest BCUT2D eigenvalue weighted by molar-refractivity contribution is 5.89. The summed E-state index contributed by atoms with van der Waals surface area (Å²) in [5, 5.41) is 75.8. The number of carbonyl (C=O) groups excluding carboxylic acids is 1. The molecule has 0 saturated carbocycles. The van der Waals surface area contributed by atoms with Crippen molar-refractivity contribution >= 4 is 5.78 Å². The Morgan fingerprint density at radius 1 is 0.137 bits per heavy atom. The van der Waals surface area contributed by atoms with E-state index in [1.807, 2.05) is 0 Å². The molecule has 0 aromatic heterocycles. The molecule has 6 heteroatoms. The van der Waals surface area contributed by atoms with E-state index in [0.717, 1.165) is 135 Å². The van der Waals surface area contributed by atoms with Gasteiger partial charge in [0, 0.05) is 6.42 Å². The molecule has 0 radical (unpaired) electrons. The first kappa shape index (κ1) is 123. The highest BCUT2D eigenvalue weighted by atomic mass is 16.4. The molecule has 124 heavy (non-hydrogen) atoms. The molecule has 0 amide bonds. The van der Waals surface area contributed by atoms with E-state index in [1.54, 1.807) is 0 Å². The second-order valence-electron chi connectivity index (χ2n) is 42.3. The zero-order valence-electron chi connectivity index (χ0n) is 86.9. The van der Waals surface area contributed by atoms with E-state index >= 15 is 20.1 Å². The van der Waals surface area contributed by atoms with Crippen molar-refractivity contribution in [2.45, 2.75) is 751 Å². The smallest absolute Gasteiger partial charge is 0.167 e. The molecule has 0 saturated heterocycles. The Bertz CT molecular complexity index is 2010. The number of hydrogen-bond acceptors (Lipinski definition) is 6. The Labute approximate surface area is 782 Å². The summed E-state index contributed by atoms with van der Waals surface area (Å²) in [5.74, 6) is -0.324. The number of unbranched alkanes of at least 4 members (excludes halogenated alkanes) is 91. The van der Waals surface area contributed by atoms with Crippen molar-refractivity contribution in [2.75, 3.05) is 0 Å². The molecule has 0 aliphatic heterocycles. The lowest BCUT2D eigenvalue weighted by atomic mass is 9.52. The van der Waals surface area contributed by atoms with Crippen LogP contribution in [0.4, 0.5) is 0 Å². The molecule has 0 rings (SSSR count). The molecule has 0 bridgehead atoms. The Hall–Kier alpha value is -0.530. The minimum atomic E-state index is -2.42. The molecule has 4 atom stereocenters. The monoisotopic (exact) mass is 1750 g/mol. The average molecular weight is 1750 g/mol. The number of ketones is 1. The van der Waals surface area contributed by atoms with Gasteiger partial charge in [-0.15, -0.1) is 0 Å². The van der Waals surface area contributed by atoms with Crippen LogP contribution in [0.2, 0.25) is 0 Å². The van der Waals surface area contributed by atoms with Crippen LogP contribution in [0.25, 0.3) is 0 Å². The van der Waals surface area contributed by atoms with Gasteiger partial charge in [-0.3, -0.25) is 4.79 Å². The third-order valence-electron chi connectivity index (χ3n) is 30.5. The van der Waals surface area contributed by atoms with Gasteiger partial charge in [0.25, 0.3) is 0 Å². The van der Waals surface area contributed by atoms with Crippen LogP contribution in [0.1, 0.15) is 723 Å². The number of rotatable bonds is 110. The standard InChI is InChI=1S/C118H236O6/c1-8-15-22-29-36-43-50-57-64-71-78-85-92-99-106-113(119)115(121,109-102-95-88-81-74-67-60-53-46-39-32-25-18-11-4)117(123,111-104-97-90-83-76-69-62-55-48-41-34-27-20-13-6)118(124,112-105-98-91-84-77-70-63-56-49-42-35-28-21-14-7)116(122,110-103-96-89-82-75-68-61-54-47-40-33-26-19-12-5)114(120,107-100-93-86-79-72-65-58-51-44-37-30-23-16-9-2)108-101-94-87-80-73-66-59-52-45-38-31-24-17-10-3/h120-124H,8-112H2,1-7H3/t115-,116+,117+,118+/m0/s1. The zero-order valence-corrected chi connectivity index (χ0v) is 86.9. The molecule has 0 aromatic carbocycles. The zero-order chi connectivity index (χ0) is 90.3. The maximum Gasteiger partial charge on any atom is 0.167 e. The quantitative estimate of drug-likeness (QED) is 0.0387. The summed E-state index contributed by atoms with van der Waals surface area (Å²) >= 11 is 0. The normalized spacial score (nSPS) is 14.1. The summed E-state index contributed by atoms with van der Waals surface area (Å²) in [7, 11) is 0. The number of aliphatic hydroxyl groups is 5. The Morgan fingerprint density at radius 3 is 0.427 bits per heavy atom. The van der Waals surface area contributed by atoms with E-state index in [0.29, 0.717) is 44.9 Å². The molecular weight excluding hydrogens is 1510 g/mol.